The number of carbonyl (C=O) groups excluding carboxylic acids is 1. The van der Waals surface area contributed by atoms with Gasteiger partial charge < -0.3 is 10.1 Å². The van der Waals surface area contributed by atoms with Crippen molar-refractivity contribution in [3.63, 3.8) is 0 Å². The summed E-state index contributed by atoms with van der Waals surface area (Å²) >= 11 is 0. The van der Waals surface area contributed by atoms with Crippen LogP contribution in [0, 0.1) is 17.0 Å². The van der Waals surface area contributed by atoms with Crippen LogP contribution in [0.5, 0.6) is 5.75 Å². The Morgan fingerprint density at radius 2 is 1.77 bits per heavy atom. The Morgan fingerprint density at radius 1 is 1.07 bits per heavy atom. The highest BCUT2D eigenvalue weighted by Gasteiger charge is 2.04. The minimum Gasteiger partial charge on any atom is -0.489 e. The highest BCUT2D eigenvalue weighted by Crippen LogP contribution is 2.16. The summed E-state index contributed by atoms with van der Waals surface area (Å²) < 4.78 is 5.67. The molecule has 0 unspecified atom stereocenters. The number of nitro groups is 1. The summed E-state index contributed by atoms with van der Waals surface area (Å²) in [6.45, 7) is 2.20. The molecule has 0 spiro atoms. The van der Waals surface area contributed by atoms with Crippen molar-refractivity contribution in [1.82, 2.24) is 5.43 Å². The Bertz CT molecular complexity index is 1050. The molecule has 0 aromatic heterocycles. The zero-order valence-corrected chi connectivity index (χ0v) is 16.2. The fraction of sp³-hybridized carbons (Fsp3) is 0.0909. The first-order valence-electron chi connectivity index (χ1n) is 9.13. The number of aryl methyl sites for hydroxylation is 1. The topological polar surface area (TPSA) is 106 Å². The third-order valence-corrected chi connectivity index (χ3v) is 4.21. The maximum atomic E-state index is 11.9. The van der Waals surface area contributed by atoms with Gasteiger partial charge in [-0.2, -0.15) is 5.10 Å². The van der Waals surface area contributed by atoms with Gasteiger partial charge in [0, 0.05) is 17.8 Å². The number of benzene rings is 3. The van der Waals surface area contributed by atoms with Gasteiger partial charge in [0.05, 0.1) is 11.1 Å². The van der Waals surface area contributed by atoms with Gasteiger partial charge in [0.25, 0.3) is 5.69 Å². The van der Waals surface area contributed by atoms with E-state index in [2.05, 4.69) is 15.8 Å². The Hall–Kier alpha value is -4.20. The molecule has 2 amide bonds. The van der Waals surface area contributed by atoms with Gasteiger partial charge in [-0.15, -0.1) is 0 Å². The van der Waals surface area contributed by atoms with Crippen LogP contribution in [0.25, 0.3) is 0 Å². The van der Waals surface area contributed by atoms with E-state index in [9.17, 15) is 14.9 Å². The number of nitrogens with zero attached hydrogens (tertiary/aromatic N) is 2. The van der Waals surface area contributed by atoms with Gasteiger partial charge in [0.1, 0.15) is 12.4 Å². The van der Waals surface area contributed by atoms with E-state index >= 15 is 0 Å². The Labute approximate surface area is 173 Å². The summed E-state index contributed by atoms with van der Waals surface area (Å²) in [4.78, 5) is 22.1. The molecule has 0 aliphatic heterocycles. The fourth-order valence-electron chi connectivity index (χ4n) is 2.56. The number of amides is 2. The van der Waals surface area contributed by atoms with Crippen LogP contribution in [0.2, 0.25) is 0 Å². The molecule has 0 heterocycles. The van der Waals surface area contributed by atoms with Crippen LogP contribution in [0.4, 0.5) is 16.2 Å². The lowest BCUT2D eigenvalue weighted by Gasteiger charge is -2.07. The van der Waals surface area contributed by atoms with Crippen molar-refractivity contribution in [2.45, 2.75) is 13.5 Å². The summed E-state index contributed by atoms with van der Waals surface area (Å²) in [6, 6.07) is 20.4. The number of non-ortho nitro benzene ring substituents is 1. The molecule has 0 bridgehead atoms. The van der Waals surface area contributed by atoms with E-state index in [1.165, 1.54) is 18.3 Å². The van der Waals surface area contributed by atoms with Gasteiger partial charge in [0.15, 0.2) is 0 Å². The van der Waals surface area contributed by atoms with Crippen LogP contribution in [0.1, 0.15) is 16.7 Å². The van der Waals surface area contributed by atoms with Crippen molar-refractivity contribution in [2.24, 2.45) is 5.10 Å². The molecule has 3 aromatic rings. The number of rotatable bonds is 7. The minimum atomic E-state index is -0.438. The normalized spacial score (nSPS) is 10.6. The van der Waals surface area contributed by atoms with E-state index < -0.39 is 11.0 Å². The van der Waals surface area contributed by atoms with Crippen LogP contribution in [0.3, 0.4) is 0 Å². The summed E-state index contributed by atoms with van der Waals surface area (Å²) in [7, 11) is 0. The SMILES string of the molecule is Cc1ccccc1NC(=O)NN=Cc1ccc(OCc2ccc([N+](=O)[O-])cc2)cc1. The van der Waals surface area contributed by atoms with Gasteiger partial charge in [-0.25, -0.2) is 10.2 Å². The van der Waals surface area contributed by atoms with Crippen molar-refractivity contribution in [3.05, 3.63) is 99.6 Å². The number of para-hydroxylation sites is 1. The molecule has 0 fully saturated rings. The largest absolute Gasteiger partial charge is 0.489 e. The second-order valence-corrected chi connectivity index (χ2v) is 6.42. The van der Waals surface area contributed by atoms with Crippen molar-refractivity contribution in [1.29, 1.82) is 0 Å². The van der Waals surface area contributed by atoms with Gasteiger partial charge in [-0.1, -0.05) is 18.2 Å². The van der Waals surface area contributed by atoms with Crippen molar-refractivity contribution < 1.29 is 14.5 Å². The molecule has 0 saturated heterocycles. The summed E-state index contributed by atoms with van der Waals surface area (Å²) in [5.41, 5.74) is 5.76. The number of nitrogens with one attached hydrogen (secondary N) is 2. The van der Waals surface area contributed by atoms with E-state index in [1.807, 2.05) is 31.2 Å². The van der Waals surface area contributed by atoms with Gasteiger partial charge >= 0.3 is 6.03 Å². The number of hydrogen-bond donors (Lipinski definition) is 2. The third-order valence-electron chi connectivity index (χ3n) is 4.21. The first-order chi connectivity index (χ1) is 14.5. The molecule has 3 aromatic carbocycles. The lowest BCUT2D eigenvalue weighted by molar-refractivity contribution is -0.384. The van der Waals surface area contributed by atoms with E-state index in [1.54, 1.807) is 36.4 Å². The quantitative estimate of drug-likeness (QED) is 0.340. The molecule has 0 aliphatic carbocycles. The molecule has 30 heavy (non-hydrogen) atoms. The number of anilines is 1. The average molecular weight is 404 g/mol. The molecular weight excluding hydrogens is 384 g/mol. The third kappa shape index (κ3) is 5.90. The molecule has 0 aliphatic rings. The van der Waals surface area contributed by atoms with Crippen molar-refractivity contribution in [3.8, 4) is 5.75 Å². The maximum absolute atomic E-state index is 11.9. The molecule has 8 heteroatoms. The van der Waals surface area contributed by atoms with Crippen molar-refractivity contribution >= 4 is 23.6 Å². The summed E-state index contributed by atoms with van der Waals surface area (Å²) in [5, 5.41) is 17.3. The molecule has 0 radical (unpaired) electrons. The molecule has 3 rings (SSSR count). The first kappa shape index (κ1) is 20.5. The predicted molar refractivity (Wildman–Crippen MR) is 115 cm³/mol. The van der Waals surface area contributed by atoms with E-state index in [-0.39, 0.29) is 5.69 Å². The fourth-order valence-corrected chi connectivity index (χ4v) is 2.56. The molecule has 8 nitrogen and oxygen atoms in total. The number of hydrogen-bond acceptors (Lipinski definition) is 5. The number of ether oxygens (including phenoxy) is 1. The van der Waals surface area contributed by atoms with Gasteiger partial charge in [-0.3, -0.25) is 10.1 Å². The lowest BCUT2D eigenvalue weighted by Crippen LogP contribution is -2.24. The molecule has 0 saturated carbocycles. The maximum Gasteiger partial charge on any atom is 0.339 e. The van der Waals surface area contributed by atoms with Crippen LogP contribution >= 0.6 is 0 Å². The van der Waals surface area contributed by atoms with Crippen LogP contribution in [0.15, 0.2) is 77.9 Å². The number of hydrazone groups is 1. The molecule has 0 atom stereocenters. The van der Waals surface area contributed by atoms with Gasteiger partial charge in [-0.05, 0) is 66.1 Å². The zero-order valence-electron chi connectivity index (χ0n) is 16.2. The lowest BCUT2D eigenvalue weighted by atomic mass is 10.2. The Kier molecular flexibility index (Phi) is 6.73. The monoisotopic (exact) mass is 404 g/mol. The summed E-state index contributed by atoms with van der Waals surface area (Å²) in [5.74, 6) is 0.649. The van der Waals surface area contributed by atoms with Gasteiger partial charge in [0.2, 0.25) is 0 Å². The molecule has 152 valence electrons. The average Bonchev–Trinajstić information content (AvgIpc) is 2.75. The standard InChI is InChI=1S/C22H20N4O4/c1-16-4-2-3-5-21(16)24-22(27)25-23-14-17-8-12-20(13-9-17)30-15-18-6-10-19(11-7-18)26(28)29/h2-14H,15H2,1H3,(H2,24,25,27). The van der Waals surface area contributed by atoms with Crippen LogP contribution in [-0.2, 0) is 6.61 Å². The zero-order chi connectivity index (χ0) is 21.3. The Balaban J connectivity index is 1.47. The van der Waals surface area contributed by atoms with E-state index in [0.29, 0.717) is 12.4 Å². The number of nitro benzene ring substituents is 1. The Morgan fingerprint density at radius 3 is 2.43 bits per heavy atom. The second kappa shape index (κ2) is 9.83. The summed E-state index contributed by atoms with van der Waals surface area (Å²) in [6.07, 6.45) is 1.53. The number of carbonyl (C=O) groups is 1. The van der Waals surface area contributed by atoms with Crippen LogP contribution in [-0.4, -0.2) is 17.2 Å². The minimum absolute atomic E-state index is 0.0450. The van der Waals surface area contributed by atoms with E-state index in [4.69, 9.17) is 4.74 Å². The highest BCUT2D eigenvalue weighted by atomic mass is 16.6. The number of urea groups is 1. The predicted octanol–water partition coefficient (Wildman–Crippen LogP) is 4.64. The highest BCUT2D eigenvalue weighted by molar-refractivity contribution is 5.91. The molecular formula is C22H20N4O4. The smallest absolute Gasteiger partial charge is 0.339 e. The van der Waals surface area contributed by atoms with Crippen LogP contribution < -0.4 is 15.5 Å². The van der Waals surface area contributed by atoms with Crippen molar-refractivity contribution in [2.75, 3.05) is 5.32 Å². The van der Waals surface area contributed by atoms with E-state index in [0.717, 1.165) is 22.4 Å². The first-order valence-corrected chi connectivity index (χ1v) is 9.13. The molecule has 2 N–H and O–H groups in total. The second-order valence-electron chi connectivity index (χ2n) is 6.42.